The third-order valence-electron chi connectivity index (χ3n) is 4.70. The minimum atomic E-state index is 0.550. The highest BCUT2D eigenvalue weighted by atomic mass is 32.2. The van der Waals surface area contributed by atoms with Crippen molar-refractivity contribution < 1.29 is 0 Å². The average Bonchev–Trinajstić information content (AvgIpc) is 2.28. The summed E-state index contributed by atoms with van der Waals surface area (Å²) in [6, 6.07) is 0.739. The number of rotatable bonds is 3. The molecule has 106 valence electrons. The lowest BCUT2D eigenvalue weighted by molar-refractivity contribution is 0.105. The molecule has 3 heteroatoms. The zero-order valence-electron chi connectivity index (χ0n) is 12.5. The number of nitrogens with zero attached hydrogens (tertiary/aromatic N) is 1. The largest absolute Gasteiger partial charge is 0.317 e. The van der Waals surface area contributed by atoms with E-state index in [1.807, 2.05) is 0 Å². The van der Waals surface area contributed by atoms with Gasteiger partial charge < -0.3 is 10.2 Å². The van der Waals surface area contributed by atoms with Gasteiger partial charge in [-0.05, 0) is 37.6 Å². The monoisotopic (exact) mass is 270 g/mol. The first-order chi connectivity index (χ1) is 8.50. The van der Waals surface area contributed by atoms with Gasteiger partial charge in [0.2, 0.25) is 0 Å². The van der Waals surface area contributed by atoms with E-state index in [0.29, 0.717) is 5.41 Å². The molecule has 1 heterocycles. The van der Waals surface area contributed by atoms with Gasteiger partial charge in [0.25, 0.3) is 0 Å². The zero-order valence-corrected chi connectivity index (χ0v) is 13.4. The number of nitrogens with one attached hydrogen (secondary N) is 1. The van der Waals surface area contributed by atoms with Gasteiger partial charge in [0.15, 0.2) is 0 Å². The van der Waals surface area contributed by atoms with Gasteiger partial charge >= 0.3 is 0 Å². The Hall–Kier alpha value is 0.270. The summed E-state index contributed by atoms with van der Waals surface area (Å²) < 4.78 is 0. The van der Waals surface area contributed by atoms with Crippen molar-refractivity contribution in [1.82, 2.24) is 10.2 Å². The number of hydrogen-bond donors (Lipinski definition) is 1. The maximum atomic E-state index is 3.56. The molecule has 1 aliphatic heterocycles. The Morgan fingerprint density at radius 2 is 2.17 bits per heavy atom. The first-order valence-electron chi connectivity index (χ1n) is 7.51. The number of thioether (sulfide) groups is 1. The molecular formula is C15H30N2S. The molecule has 1 saturated heterocycles. The fourth-order valence-corrected chi connectivity index (χ4v) is 4.78. The summed E-state index contributed by atoms with van der Waals surface area (Å²) in [6.07, 6.45) is 4.12. The van der Waals surface area contributed by atoms with E-state index in [1.54, 1.807) is 0 Å². The van der Waals surface area contributed by atoms with Crippen LogP contribution in [0.25, 0.3) is 0 Å². The lowest BCUT2D eigenvalue weighted by atomic mass is 9.69. The van der Waals surface area contributed by atoms with Crippen LogP contribution >= 0.6 is 11.8 Å². The Morgan fingerprint density at radius 3 is 2.83 bits per heavy atom. The summed E-state index contributed by atoms with van der Waals surface area (Å²) in [5, 5.41) is 4.38. The van der Waals surface area contributed by atoms with Gasteiger partial charge in [0.05, 0.1) is 0 Å². The molecule has 0 aromatic heterocycles. The van der Waals surface area contributed by atoms with E-state index in [-0.39, 0.29) is 0 Å². The van der Waals surface area contributed by atoms with Gasteiger partial charge in [-0.2, -0.15) is 11.8 Å². The van der Waals surface area contributed by atoms with Crippen LogP contribution < -0.4 is 5.32 Å². The van der Waals surface area contributed by atoms with Crippen LogP contribution in [0.4, 0.5) is 0 Å². The molecule has 0 spiro atoms. The second-order valence-electron chi connectivity index (χ2n) is 7.00. The van der Waals surface area contributed by atoms with Crippen molar-refractivity contribution in [2.24, 2.45) is 11.3 Å². The summed E-state index contributed by atoms with van der Waals surface area (Å²) in [5.74, 6) is 2.16. The minimum Gasteiger partial charge on any atom is -0.317 e. The molecule has 3 atom stereocenters. The second-order valence-corrected chi connectivity index (χ2v) is 8.55. The third-order valence-corrected chi connectivity index (χ3v) is 5.84. The van der Waals surface area contributed by atoms with E-state index in [9.17, 15) is 0 Å². The van der Waals surface area contributed by atoms with E-state index >= 15 is 0 Å². The molecule has 0 radical (unpaired) electrons. The first-order valence-corrected chi connectivity index (χ1v) is 8.56. The highest BCUT2D eigenvalue weighted by Gasteiger charge is 2.35. The molecule has 1 aliphatic carbocycles. The number of hydrogen-bond acceptors (Lipinski definition) is 3. The van der Waals surface area contributed by atoms with Crippen molar-refractivity contribution in [3.63, 3.8) is 0 Å². The predicted molar refractivity (Wildman–Crippen MR) is 82.3 cm³/mol. The molecule has 0 aromatic rings. The Balaban J connectivity index is 1.91. The molecule has 3 unspecified atom stereocenters. The van der Waals surface area contributed by atoms with E-state index in [1.165, 1.54) is 44.6 Å². The summed E-state index contributed by atoms with van der Waals surface area (Å²) in [4.78, 5) is 2.71. The Kier molecular flexibility index (Phi) is 5.01. The van der Waals surface area contributed by atoms with E-state index in [4.69, 9.17) is 0 Å². The molecule has 2 nitrogen and oxygen atoms in total. The van der Waals surface area contributed by atoms with Gasteiger partial charge in [0, 0.05) is 36.7 Å². The molecule has 2 aliphatic rings. The maximum absolute atomic E-state index is 3.56. The van der Waals surface area contributed by atoms with E-state index in [2.05, 4.69) is 49.8 Å². The zero-order chi connectivity index (χ0) is 13.2. The quantitative estimate of drug-likeness (QED) is 0.849. The fourth-order valence-electron chi connectivity index (χ4n) is 3.70. The lowest BCUT2D eigenvalue weighted by Gasteiger charge is -2.43. The van der Waals surface area contributed by atoms with Gasteiger partial charge in [-0.25, -0.2) is 0 Å². The van der Waals surface area contributed by atoms with Crippen LogP contribution in [0.3, 0.4) is 0 Å². The van der Waals surface area contributed by atoms with Crippen molar-refractivity contribution in [2.75, 3.05) is 32.4 Å². The molecule has 0 aromatic carbocycles. The molecular weight excluding hydrogens is 240 g/mol. The summed E-state index contributed by atoms with van der Waals surface area (Å²) in [5.41, 5.74) is 0.550. The van der Waals surface area contributed by atoms with Crippen molar-refractivity contribution >= 4 is 11.8 Å². The van der Waals surface area contributed by atoms with Crippen molar-refractivity contribution in [1.29, 1.82) is 0 Å². The fraction of sp³-hybridized carbons (Fsp3) is 1.00. The minimum absolute atomic E-state index is 0.550. The Morgan fingerprint density at radius 1 is 1.39 bits per heavy atom. The maximum Gasteiger partial charge on any atom is 0.0147 e. The third kappa shape index (κ3) is 3.88. The van der Waals surface area contributed by atoms with Crippen molar-refractivity contribution in [2.45, 2.75) is 51.3 Å². The highest BCUT2D eigenvalue weighted by Crippen LogP contribution is 2.39. The molecule has 2 fully saturated rings. The van der Waals surface area contributed by atoms with Crippen LogP contribution in [0.15, 0.2) is 0 Å². The second kappa shape index (κ2) is 6.15. The van der Waals surface area contributed by atoms with Gasteiger partial charge in [-0.1, -0.05) is 20.8 Å². The average molecular weight is 270 g/mol. The molecule has 0 bridgehead atoms. The molecule has 18 heavy (non-hydrogen) atoms. The van der Waals surface area contributed by atoms with Crippen LogP contribution in [0.5, 0.6) is 0 Å². The predicted octanol–water partition coefficient (Wildman–Crippen LogP) is 2.84. The summed E-state index contributed by atoms with van der Waals surface area (Å²) >= 11 is 2.13. The molecule has 2 rings (SSSR count). The van der Waals surface area contributed by atoms with Crippen LogP contribution in [-0.2, 0) is 0 Å². The van der Waals surface area contributed by atoms with Gasteiger partial charge in [-0.3, -0.25) is 0 Å². The van der Waals surface area contributed by atoms with Crippen molar-refractivity contribution in [3.05, 3.63) is 0 Å². The van der Waals surface area contributed by atoms with Crippen LogP contribution in [0, 0.1) is 11.3 Å². The first kappa shape index (κ1) is 14.7. The van der Waals surface area contributed by atoms with Crippen LogP contribution in [-0.4, -0.2) is 48.6 Å². The SMILES string of the molecule is CNC1CCC(C)(C)CC1CN1CCSC(C)C1. The highest BCUT2D eigenvalue weighted by molar-refractivity contribution is 7.99. The van der Waals surface area contributed by atoms with Crippen LogP contribution in [0.2, 0.25) is 0 Å². The topological polar surface area (TPSA) is 15.3 Å². The van der Waals surface area contributed by atoms with Crippen molar-refractivity contribution in [3.8, 4) is 0 Å². The van der Waals surface area contributed by atoms with Crippen LogP contribution in [0.1, 0.15) is 40.0 Å². The molecule has 1 saturated carbocycles. The molecule has 1 N–H and O–H groups in total. The van der Waals surface area contributed by atoms with Gasteiger partial charge in [0.1, 0.15) is 0 Å². The molecule has 0 amide bonds. The van der Waals surface area contributed by atoms with Gasteiger partial charge in [-0.15, -0.1) is 0 Å². The summed E-state index contributed by atoms with van der Waals surface area (Å²) in [7, 11) is 2.14. The van der Waals surface area contributed by atoms with E-state index in [0.717, 1.165) is 17.2 Å². The lowest BCUT2D eigenvalue weighted by Crippen LogP contribution is -2.48. The smallest absolute Gasteiger partial charge is 0.0147 e. The van der Waals surface area contributed by atoms with E-state index < -0.39 is 0 Å². The standard InChI is InChI=1S/C15H30N2S/c1-12-10-17(7-8-18-12)11-13-9-15(2,3)6-5-14(13)16-4/h12-14,16H,5-11H2,1-4H3. The Labute approximate surface area is 117 Å². The Bertz CT molecular complexity index is 267. The normalized spacial score (nSPS) is 37.7. The summed E-state index contributed by atoms with van der Waals surface area (Å²) in [6.45, 7) is 11.2.